The van der Waals surface area contributed by atoms with Crippen LogP contribution in [0.3, 0.4) is 0 Å². The molecule has 7 heteroatoms. The first kappa shape index (κ1) is 26.4. The van der Waals surface area contributed by atoms with Crippen LogP contribution in [0.4, 0.5) is 0 Å². The summed E-state index contributed by atoms with van der Waals surface area (Å²) in [5.74, 6) is 0. The van der Waals surface area contributed by atoms with Crippen LogP contribution in [-0.4, -0.2) is 31.7 Å². The molecule has 0 unspecified atom stereocenters. The average Bonchev–Trinajstić information content (AvgIpc) is 2.58. The minimum Gasteiger partial charge on any atom is -0.412 e. The minimum absolute atomic E-state index is 0. The topological polar surface area (TPSA) is 24.1 Å². The summed E-state index contributed by atoms with van der Waals surface area (Å²) >= 11 is 19.1. The van der Waals surface area contributed by atoms with Crippen LogP contribution in [0.5, 0.6) is 0 Å². The predicted molar refractivity (Wildman–Crippen MR) is 131 cm³/mol. The van der Waals surface area contributed by atoms with Crippen LogP contribution in [0.25, 0.3) is 0 Å². The Labute approximate surface area is 201 Å². The van der Waals surface area contributed by atoms with Crippen LogP contribution in [0, 0.1) is 27.7 Å². The molecule has 2 N–H and O–H groups in total. The van der Waals surface area contributed by atoms with Gasteiger partial charge in [0, 0.05) is 13.1 Å². The summed E-state index contributed by atoms with van der Waals surface area (Å²) in [6, 6.07) is 12.5. The Hall–Kier alpha value is -0.574. The van der Waals surface area contributed by atoms with Gasteiger partial charge < -0.3 is 60.3 Å². The monoisotopic (exact) mass is 444 g/mol. The van der Waals surface area contributed by atoms with Gasteiger partial charge in [0.1, 0.15) is 0 Å². The fraction of sp³-hybridized carbons (Fsp3) is 0.300. The maximum absolute atomic E-state index is 4.77. The van der Waals surface area contributed by atoms with Crippen molar-refractivity contribution in [2.45, 2.75) is 40.8 Å². The minimum atomic E-state index is 0. The van der Waals surface area contributed by atoms with Gasteiger partial charge >= 0.3 is 23.1 Å². The van der Waals surface area contributed by atoms with Gasteiger partial charge in [-0.3, -0.25) is 0 Å². The molecule has 0 aromatic heterocycles. The molecule has 0 atom stereocenters. The molecule has 140 valence electrons. The van der Waals surface area contributed by atoms with Crippen LogP contribution < -0.4 is 10.6 Å². The molecule has 0 aliphatic heterocycles. The first-order chi connectivity index (χ1) is 12.2. The fourth-order valence-corrected chi connectivity index (χ4v) is 2.63. The first-order valence-electron chi connectivity index (χ1n) is 8.22. The van der Waals surface area contributed by atoms with E-state index in [4.69, 9.17) is 49.7 Å². The Balaban J connectivity index is 0.000000483. The number of hydrogen-bond donors (Lipinski definition) is 2. The van der Waals surface area contributed by atoms with E-state index >= 15 is 0 Å². The zero-order chi connectivity index (χ0) is 19.7. The van der Waals surface area contributed by atoms with E-state index in [2.05, 4.69) is 62.6 Å². The largest absolute Gasteiger partial charge is 2.00 e. The maximum atomic E-state index is 4.77. The number of hydrogen-bond acceptors (Lipinski definition) is 4. The number of nitrogens with one attached hydrogen (secondary N) is 2. The normalized spacial score (nSPS) is 9.33. The molecule has 2 aromatic rings. The van der Waals surface area contributed by atoms with E-state index < -0.39 is 0 Å². The van der Waals surface area contributed by atoms with Crippen molar-refractivity contribution in [3.63, 3.8) is 0 Å². The summed E-state index contributed by atoms with van der Waals surface area (Å²) < 4.78 is 0.863. The van der Waals surface area contributed by atoms with Crippen molar-refractivity contribution in [2.24, 2.45) is 0 Å². The zero-order valence-electron chi connectivity index (χ0n) is 16.2. The van der Waals surface area contributed by atoms with E-state index in [0.29, 0.717) is 8.64 Å². The van der Waals surface area contributed by atoms with Crippen molar-refractivity contribution in [3.05, 3.63) is 69.8 Å². The van der Waals surface area contributed by atoms with E-state index in [9.17, 15) is 0 Å². The van der Waals surface area contributed by atoms with Gasteiger partial charge in [-0.1, -0.05) is 45.0 Å². The van der Waals surface area contributed by atoms with E-state index in [1.807, 2.05) is 12.1 Å². The van der Waals surface area contributed by atoms with Gasteiger partial charge in [0.05, 0.1) is 0 Å². The number of thiocarbonyl (C=S) groups is 2. The van der Waals surface area contributed by atoms with Gasteiger partial charge in [0.25, 0.3) is 0 Å². The molecule has 0 amide bonds. The second-order valence-electron chi connectivity index (χ2n) is 6.00. The second-order valence-corrected chi connectivity index (χ2v) is 8.15. The maximum Gasteiger partial charge on any atom is 2.00 e. The molecule has 0 bridgehead atoms. The summed E-state index contributed by atoms with van der Waals surface area (Å²) in [4.78, 5) is 0. The molecule has 0 aliphatic rings. The molecule has 0 saturated heterocycles. The summed E-state index contributed by atoms with van der Waals surface area (Å²) in [7, 11) is 0. The number of aryl methyl sites for hydroxylation is 2. The van der Waals surface area contributed by atoms with Crippen molar-refractivity contribution in [1.82, 2.24) is 10.6 Å². The van der Waals surface area contributed by atoms with Crippen LogP contribution in [-0.2, 0) is 38.3 Å². The quantitative estimate of drug-likeness (QED) is 0.419. The summed E-state index contributed by atoms with van der Waals surface area (Å²) in [6.45, 7) is 9.89. The summed E-state index contributed by atoms with van der Waals surface area (Å²) in [6.07, 6.45) is 0. The fourth-order valence-electron chi connectivity index (χ4n) is 2.34. The first-order valence-corrected chi connectivity index (χ1v) is 9.85. The molecule has 0 radical (unpaired) electrons. The Morgan fingerprint density at radius 2 is 1.07 bits per heavy atom. The molecule has 0 heterocycles. The molecular weight excluding hydrogens is 421 g/mol. The number of benzene rings is 2. The van der Waals surface area contributed by atoms with Gasteiger partial charge in [-0.2, -0.15) is 0 Å². The third-order valence-electron chi connectivity index (χ3n) is 4.28. The molecular formula is C20H24MgN2S4. The molecule has 0 aliphatic carbocycles. The van der Waals surface area contributed by atoms with Crippen molar-refractivity contribution in [1.29, 1.82) is 0 Å². The molecule has 2 aromatic carbocycles. The second kappa shape index (κ2) is 13.6. The van der Waals surface area contributed by atoms with Gasteiger partial charge in [-0.15, -0.1) is 0 Å². The Kier molecular flexibility index (Phi) is 13.3. The van der Waals surface area contributed by atoms with Crippen molar-refractivity contribution < 1.29 is 0 Å². The standard InChI is InChI=1S/2C10H13NS2.Mg/c2*1-7-4-3-5-9(8(7)2)6-11-10(12)13;/h2*3-5H,6H2,1-2H3,(H2,11,12,13);/q;;+2/p-2. The van der Waals surface area contributed by atoms with Crippen molar-refractivity contribution >= 4 is 81.4 Å². The van der Waals surface area contributed by atoms with Crippen LogP contribution >= 0.6 is 24.4 Å². The third-order valence-corrected chi connectivity index (χ3v) is 4.86. The summed E-state index contributed by atoms with van der Waals surface area (Å²) in [5, 5.41) is 5.95. The van der Waals surface area contributed by atoms with Crippen LogP contribution in [0.2, 0.25) is 0 Å². The Morgan fingerprint density at radius 3 is 1.37 bits per heavy atom. The van der Waals surface area contributed by atoms with Gasteiger partial charge in [0.15, 0.2) is 0 Å². The van der Waals surface area contributed by atoms with E-state index in [1.54, 1.807) is 0 Å². The van der Waals surface area contributed by atoms with Crippen LogP contribution in [0.15, 0.2) is 36.4 Å². The molecule has 27 heavy (non-hydrogen) atoms. The Morgan fingerprint density at radius 1 is 0.741 bits per heavy atom. The molecule has 0 saturated carbocycles. The summed E-state index contributed by atoms with van der Waals surface area (Å²) in [5.41, 5.74) is 7.73. The van der Waals surface area contributed by atoms with Crippen LogP contribution in [0.1, 0.15) is 33.4 Å². The zero-order valence-corrected chi connectivity index (χ0v) is 20.9. The molecule has 2 rings (SSSR count). The van der Waals surface area contributed by atoms with Gasteiger partial charge in [-0.05, 0) is 61.1 Å². The third kappa shape index (κ3) is 9.96. The Bertz CT molecular complexity index is 713. The average molecular weight is 445 g/mol. The van der Waals surface area contributed by atoms with E-state index in [-0.39, 0.29) is 23.1 Å². The van der Waals surface area contributed by atoms with E-state index in [1.165, 1.54) is 33.4 Å². The molecule has 0 fully saturated rings. The SMILES string of the molecule is Cc1cccc(CNC(=S)[S-])c1C.Cc1cccc(CNC(=S)[S-])c1C.[Mg+2]. The van der Waals surface area contributed by atoms with Crippen molar-refractivity contribution in [3.8, 4) is 0 Å². The molecule has 0 spiro atoms. The predicted octanol–water partition coefficient (Wildman–Crippen LogP) is 4.07. The smallest absolute Gasteiger partial charge is 0.412 e. The van der Waals surface area contributed by atoms with Gasteiger partial charge in [0.2, 0.25) is 0 Å². The van der Waals surface area contributed by atoms with E-state index in [0.717, 1.165) is 13.1 Å². The number of rotatable bonds is 4. The van der Waals surface area contributed by atoms with Gasteiger partial charge in [-0.25, -0.2) is 0 Å². The molecule has 2 nitrogen and oxygen atoms in total. The van der Waals surface area contributed by atoms with Crippen molar-refractivity contribution in [2.75, 3.05) is 0 Å².